The van der Waals surface area contributed by atoms with Crippen LogP contribution in [0.5, 0.6) is 0 Å². The minimum Gasteiger partial charge on any atom is -0.352 e. The average molecular weight is 324 g/mol. The first-order valence-electron chi connectivity index (χ1n) is 6.54. The summed E-state index contributed by atoms with van der Waals surface area (Å²) in [5, 5.41) is 3.98. The first kappa shape index (κ1) is 15.8. The fourth-order valence-corrected chi connectivity index (χ4v) is 2.31. The lowest BCUT2D eigenvalue weighted by atomic mass is 10.1. The predicted octanol–water partition coefficient (Wildman–Crippen LogP) is 4.65. The molecule has 0 saturated carbocycles. The van der Waals surface area contributed by atoms with Gasteiger partial charge in [-0.05, 0) is 25.1 Å². The maximum absolute atomic E-state index is 12.5. The molecule has 0 heterocycles. The summed E-state index contributed by atoms with van der Waals surface area (Å²) in [6.45, 7) is 2.23. The van der Waals surface area contributed by atoms with Crippen LogP contribution in [0, 0.1) is 0 Å². The number of ketones is 1. The fraction of sp³-hybridized carbons (Fsp3) is 0.188. The largest absolute Gasteiger partial charge is 0.352 e. The summed E-state index contributed by atoms with van der Waals surface area (Å²) in [7, 11) is 0. The van der Waals surface area contributed by atoms with Crippen molar-refractivity contribution in [2.45, 2.75) is 13.2 Å². The lowest BCUT2D eigenvalue weighted by Crippen LogP contribution is -2.32. The number of halogens is 2. The quantitative estimate of drug-likeness (QED) is 0.621. The molecule has 0 unspecified atom stereocenters. The molecule has 0 amide bonds. The van der Waals surface area contributed by atoms with Gasteiger partial charge in [-0.2, -0.15) is 0 Å². The van der Waals surface area contributed by atoms with Gasteiger partial charge in [0.15, 0.2) is 6.23 Å². The molecule has 3 nitrogen and oxygen atoms in total. The van der Waals surface area contributed by atoms with Crippen molar-refractivity contribution in [3.8, 4) is 0 Å². The van der Waals surface area contributed by atoms with E-state index in [2.05, 4.69) is 5.32 Å². The maximum Gasteiger partial charge on any atom is 0.212 e. The van der Waals surface area contributed by atoms with E-state index in [1.807, 2.05) is 25.1 Å². The number of Topliss-reactive ketones (excluding diaryl/α,β-unsaturated/α-hetero) is 1. The number of carbonyl (C=O) groups excluding carboxylic acids is 1. The second-order valence-electron chi connectivity index (χ2n) is 4.33. The number of nitrogens with one attached hydrogen (secondary N) is 1. The molecule has 0 spiro atoms. The molecule has 0 bridgehead atoms. The zero-order valence-corrected chi connectivity index (χ0v) is 13.0. The highest BCUT2D eigenvalue weighted by molar-refractivity contribution is 6.36. The van der Waals surface area contributed by atoms with E-state index in [-0.39, 0.29) is 5.78 Å². The number of ether oxygens (including phenoxy) is 1. The van der Waals surface area contributed by atoms with Gasteiger partial charge in [0.25, 0.3) is 0 Å². The minimum absolute atomic E-state index is 0.150. The highest BCUT2D eigenvalue weighted by Gasteiger charge is 2.20. The Bertz CT molecular complexity index is 617. The Morgan fingerprint density at radius 2 is 1.90 bits per heavy atom. The molecule has 2 aromatic rings. The normalized spacial score (nSPS) is 12.0. The second kappa shape index (κ2) is 7.46. The summed E-state index contributed by atoms with van der Waals surface area (Å²) in [6, 6.07) is 14.0. The van der Waals surface area contributed by atoms with E-state index in [0.717, 1.165) is 0 Å². The molecule has 110 valence electrons. The van der Waals surface area contributed by atoms with Gasteiger partial charge in [-0.15, -0.1) is 0 Å². The summed E-state index contributed by atoms with van der Waals surface area (Å²) >= 11 is 12.0. The molecule has 0 aliphatic heterocycles. The van der Waals surface area contributed by atoms with Crippen LogP contribution in [-0.2, 0) is 4.74 Å². The van der Waals surface area contributed by atoms with Crippen molar-refractivity contribution in [1.29, 1.82) is 0 Å². The van der Waals surface area contributed by atoms with Crippen molar-refractivity contribution in [3.05, 3.63) is 64.1 Å². The van der Waals surface area contributed by atoms with E-state index < -0.39 is 6.23 Å². The minimum atomic E-state index is -0.795. The van der Waals surface area contributed by atoms with E-state index in [1.165, 1.54) is 0 Å². The van der Waals surface area contributed by atoms with Gasteiger partial charge < -0.3 is 10.1 Å². The molecule has 0 aliphatic carbocycles. The monoisotopic (exact) mass is 323 g/mol. The third-order valence-corrected chi connectivity index (χ3v) is 3.40. The van der Waals surface area contributed by atoms with Crippen LogP contribution >= 0.6 is 23.2 Å². The number of hydrogen-bond donors (Lipinski definition) is 1. The smallest absolute Gasteiger partial charge is 0.212 e. The molecule has 2 aromatic carbocycles. The van der Waals surface area contributed by atoms with Crippen LogP contribution in [0.4, 0.5) is 5.69 Å². The average Bonchev–Trinajstić information content (AvgIpc) is 2.49. The number of hydrogen-bond acceptors (Lipinski definition) is 3. The molecule has 0 aliphatic rings. The standard InChI is InChI=1S/C16H15Cl2NO2/c1-2-21-16(15(20)11-6-4-3-5-7-11)19-14-9-8-12(17)10-13(14)18/h3-10,16,19H,2H2,1H3/t16-/m1/s1. The van der Waals surface area contributed by atoms with Crippen LogP contribution in [0.15, 0.2) is 48.5 Å². The van der Waals surface area contributed by atoms with Crippen molar-refractivity contribution in [3.63, 3.8) is 0 Å². The van der Waals surface area contributed by atoms with E-state index in [4.69, 9.17) is 27.9 Å². The fourth-order valence-electron chi connectivity index (χ4n) is 1.85. The van der Waals surface area contributed by atoms with Crippen LogP contribution in [0.1, 0.15) is 17.3 Å². The zero-order chi connectivity index (χ0) is 15.2. The van der Waals surface area contributed by atoms with Crippen molar-refractivity contribution >= 4 is 34.7 Å². The lowest BCUT2D eigenvalue weighted by molar-refractivity contribution is 0.0550. The number of benzene rings is 2. The predicted molar refractivity (Wildman–Crippen MR) is 86.3 cm³/mol. The van der Waals surface area contributed by atoms with E-state index in [1.54, 1.807) is 30.3 Å². The molecule has 5 heteroatoms. The molecule has 0 fully saturated rings. The topological polar surface area (TPSA) is 38.3 Å². The highest BCUT2D eigenvalue weighted by atomic mass is 35.5. The Morgan fingerprint density at radius 3 is 2.52 bits per heavy atom. The molecule has 0 saturated heterocycles. The Labute approximate surface area is 133 Å². The summed E-state index contributed by atoms with van der Waals surface area (Å²) in [6.07, 6.45) is -0.795. The molecular formula is C16H15Cl2NO2. The Hall–Kier alpha value is -1.55. The van der Waals surface area contributed by atoms with Crippen molar-refractivity contribution in [2.75, 3.05) is 11.9 Å². The third kappa shape index (κ3) is 4.21. The first-order valence-corrected chi connectivity index (χ1v) is 7.30. The van der Waals surface area contributed by atoms with Gasteiger partial charge in [-0.1, -0.05) is 53.5 Å². The molecule has 1 atom stereocenters. The lowest BCUT2D eigenvalue weighted by Gasteiger charge is -2.19. The van der Waals surface area contributed by atoms with Crippen LogP contribution in [0.25, 0.3) is 0 Å². The van der Waals surface area contributed by atoms with Gasteiger partial charge >= 0.3 is 0 Å². The Balaban J connectivity index is 2.21. The molecule has 1 N–H and O–H groups in total. The van der Waals surface area contributed by atoms with Crippen LogP contribution in [-0.4, -0.2) is 18.6 Å². The first-order chi connectivity index (χ1) is 10.1. The van der Waals surface area contributed by atoms with E-state index in [9.17, 15) is 4.79 Å². The van der Waals surface area contributed by atoms with Gasteiger partial charge in [0, 0.05) is 17.2 Å². The van der Waals surface area contributed by atoms with Crippen molar-refractivity contribution < 1.29 is 9.53 Å². The van der Waals surface area contributed by atoms with E-state index >= 15 is 0 Å². The van der Waals surface area contributed by atoms with Crippen molar-refractivity contribution in [2.24, 2.45) is 0 Å². The van der Waals surface area contributed by atoms with Gasteiger partial charge in [0.2, 0.25) is 5.78 Å². The van der Waals surface area contributed by atoms with Crippen molar-refractivity contribution in [1.82, 2.24) is 0 Å². The SMILES string of the molecule is CCO[C@@H](Nc1ccc(Cl)cc1Cl)C(=O)c1ccccc1. The third-order valence-electron chi connectivity index (χ3n) is 2.85. The van der Waals surface area contributed by atoms with Crippen LogP contribution < -0.4 is 5.32 Å². The Kier molecular flexibility index (Phi) is 5.62. The van der Waals surface area contributed by atoms with Crippen LogP contribution in [0.3, 0.4) is 0 Å². The number of rotatable bonds is 6. The highest BCUT2D eigenvalue weighted by Crippen LogP contribution is 2.26. The summed E-state index contributed by atoms with van der Waals surface area (Å²) in [5.74, 6) is -0.150. The zero-order valence-electron chi connectivity index (χ0n) is 11.5. The van der Waals surface area contributed by atoms with Gasteiger partial charge in [0.05, 0.1) is 10.7 Å². The Morgan fingerprint density at radius 1 is 1.19 bits per heavy atom. The molecular weight excluding hydrogens is 309 g/mol. The van der Waals surface area contributed by atoms with Gasteiger partial charge in [-0.3, -0.25) is 4.79 Å². The maximum atomic E-state index is 12.5. The second-order valence-corrected chi connectivity index (χ2v) is 5.18. The molecule has 0 aromatic heterocycles. The molecule has 2 rings (SSSR count). The molecule has 0 radical (unpaired) electrons. The number of anilines is 1. The van der Waals surface area contributed by atoms with Gasteiger partial charge in [-0.25, -0.2) is 0 Å². The molecule has 21 heavy (non-hydrogen) atoms. The number of carbonyl (C=O) groups is 1. The van der Waals surface area contributed by atoms with Gasteiger partial charge in [0.1, 0.15) is 0 Å². The summed E-state index contributed by atoms with van der Waals surface area (Å²) in [4.78, 5) is 12.5. The summed E-state index contributed by atoms with van der Waals surface area (Å²) in [5.41, 5.74) is 1.18. The van der Waals surface area contributed by atoms with E-state index in [0.29, 0.717) is 27.9 Å². The summed E-state index contributed by atoms with van der Waals surface area (Å²) < 4.78 is 5.50. The van der Waals surface area contributed by atoms with Crippen LogP contribution in [0.2, 0.25) is 10.0 Å².